The van der Waals surface area contributed by atoms with Crippen LogP contribution in [-0.2, 0) is 9.53 Å². The van der Waals surface area contributed by atoms with Gasteiger partial charge in [0.15, 0.2) is 0 Å². The van der Waals surface area contributed by atoms with Crippen LogP contribution in [0.3, 0.4) is 0 Å². The van der Waals surface area contributed by atoms with Gasteiger partial charge in [0.1, 0.15) is 13.2 Å². The number of ether oxygens (including phenoxy) is 1. The van der Waals surface area contributed by atoms with Gasteiger partial charge >= 0.3 is 6.09 Å². The summed E-state index contributed by atoms with van der Waals surface area (Å²) in [5.74, 6) is -0.133. The highest BCUT2D eigenvalue weighted by Crippen LogP contribution is 2.24. The van der Waals surface area contributed by atoms with Crippen molar-refractivity contribution in [3.63, 3.8) is 0 Å². The predicted octanol–water partition coefficient (Wildman–Crippen LogP) is 1.78. The second-order valence-corrected chi connectivity index (χ2v) is 6.36. The number of nitrogens with one attached hydrogen (secondary N) is 1. The van der Waals surface area contributed by atoms with Gasteiger partial charge in [0, 0.05) is 6.54 Å². The lowest BCUT2D eigenvalue weighted by Gasteiger charge is -2.35. The standard InChI is InChI=1S/C18H25N3O3/c22-17(14-21-11-12-24-18(21)23)19-13-16(15-7-3-1-4-8-15)20-9-5-2-6-10-20/h1,3-4,7-8,16H,2,5-6,9-14H2,(H,19,22)/t16-/m1/s1. The molecule has 0 unspecified atom stereocenters. The molecule has 6 nitrogen and oxygen atoms in total. The quantitative estimate of drug-likeness (QED) is 0.863. The van der Waals surface area contributed by atoms with E-state index in [0.29, 0.717) is 19.7 Å². The molecule has 2 aliphatic rings. The maximum atomic E-state index is 12.2. The Hall–Kier alpha value is -2.08. The smallest absolute Gasteiger partial charge is 0.410 e. The van der Waals surface area contributed by atoms with E-state index in [9.17, 15) is 9.59 Å². The van der Waals surface area contributed by atoms with E-state index >= 15 is 0 Å². The third-order valence-electron chi connectivity index (χ3n) is 4.69. The summed E-state index contributed by atoms with van der Waals surface area (Å²) in [7, 11) is 0. The molecule has 0 bridgehead atoms. The van der Waals surface area contributed by atoms with Crippen molar-refractivity contribution in [1.82, 2.24) is 15.1 Å². The number of piperidine rings is 1. The normalized spacial score (nSPS) is 19.8. The highest BCUT2D eigenvalue weighted by molar-refractivity contribution is 5.82. The van der Waals surface area contributed by atoms with E-state index in [1.807, 2.05) is 18.2 Å². The van der Waals surface area contributed by atoms with Crippen molar-refractivity contribution in [2.24, 2.45) is 0 Å². The van der Waals surface area contributed by atoms with Gasteiger partial charge < -0.3 is 10.1 Å². The van der Waals surface area contributed by atoms with Crippen molar-refractivity contribution < 1.29 is 14.3 Å². The highest BCUT2D eigenvalue weighted by Gasteiger charge is 2.26. The molecule has 130 valence electrons. The molecular formula is C18H25N3O3. The zero-order valence-corrected chi connectivity index (χ0v) is 13.9. The van der Waals surface area contributed by atoms with E-state index in [2.05, 4.69) is 22.3 Å². The van der Waals surface area contributed by atoms with E-state index in [0.717, 1.165) is 13.1 Å². The highest BCUT2D eigenvalue weighted by atomic mass is 16.6. The van der Waals surface area contributed by atoms with Crippen molar-refractivity contribution in [2.75, 3.05) is 39.3 Å². The molecule has 2 aliphatic heterocycles. The third-order valence-corrected chi connectivity index (χ3v) is 4.69. The van der Waals surface area contributed by atoms with Crippen molar-refractivity contribution in [2.45, 2.75) is 25.3 Å². The van der Waals surface area contributed by atoms with E-state index in [4.69, 9.17) is 4.74 Å². The fourth-order valence-electron chi connectivity index (χ4n) is 3.37. The number of rotatable bonds is 6. The first-order valence-corrected chi connectivity index (χ1v) is 8.71. The summed E-state index contributed by atoms with van der Waals surface area (Å²) in [6, 6.07) is 10.5. The number of amides is 2. The molecule has 0 radical (unpaired) electrons. The number of carbonyl (C=O) groups excluding carboxylic acids is 2. The molecule has 2 amide bonds. The molecule has 2 saturated heterocycles. The number of hydrogen-bond donors (Lipinski definition) is 1. The van der Waals surface area contributed by atoms with Crippen LogP contribution in [0.15, 0.2) is 30.3 Å². The Bertz CT molecular complexity index is 558. The summed E-state index contributed by atoms with van der Waals surface area (Å²) in [4.78, 5) is 27.5. The van der Waals surface area contributed by atoms with Crippen LogP contribution >= 0.6 is 0 Å². The lowest BCUT2D eigenvalue weighted by atomic mass is 10.0. The SMILES string of the molecule is O=C(CN1CCOC1=O)NC[C@H](c1ccccc1)N1CCCCC1. The van der Waals surface area contributed by atoms with Gasteiger partial charge in [-0.2, -0.15) is 0 Å². The van der Waals surface area contributed by atoms with Crippen molar-refractivity contribution in [1.29, 1.82) is 0 Å². The molecule has 1 N–H and O–H groups in total. The molecule has 0 aromatic heterocycles. The Balaban J connectivity index is 1.59. The van der Waals surface area contributed by atoms with Crippen LogP contribution in [0.5, 0.6) is 0 Å². The summed E-state index contributed by atoms with van der Waals surface area (Å²) >= 11 is 0. The second kappa shape index (κ2) is 8.15. The molecule has 1 atom stereocenters. The molecule has 1 aromatic rings. The minimum atomic E-state index is -0.402. The average Bonchev–Trinajstić information content (AvgIpc) is 3.02. The predicted molar refractivity (Wildman–Crippen MR) is 90.5 cm³/mol. The van der Waals surface area contributed by atoms with Crippen LogP contribution in [0.2, 0.25) is 0 Å². The Morgan fingerprint density at radius 2 is 1.88 bits per heavy atom. The van der Waals surface area contributed by atoms with Gasteiger partial charge in [-0.15, -0.1) is 0 Å². The number of benzene rings is 1. The Morgan fingerprint density at radius 1 is 1.12 bits per heavy atom. The van der Waals surface area contributed by atoms with Gasteiger partial charge in [-0.1, -0.05) is 36.8 Å². The van der Waals surface area contributed by atoms with Crippen LogP contribution in [0.4, 0.5) is 4.79 Å². The van der Waals surface area contributed by atoms with E-state index in [1.54, 1.807) is 0 Å². The number of cyclic esters (lactones) is 1. The summed E-state index contributed by atoms with van der Waals surface area (Å²) in [6.07, 6.45) is 3.29. The number of likely N-dealkylation sites (tertiary alicyclic amines) is 1. The van der Waals surface area contributed by atoms with Crippen LogP contribution in [-0.4, -0.2) is 61.1 Å². The molecule has 24 heavy (non-hydrogen) atoms. The molecule has 2 fully saturated rings. The van der Waals surface area contributed by atoms with Crippen LogP contribution < -0.4 is 5.32 Å². The van der Waals surface area contributed by atoms with Gasteiger partial charge in [0.05, 0.1) is 12.6 Å². The van der Waals surface area contributed by atoms with Gasteiger partial charge in [-0.25, -0.2) is 4.79 Å². The lowest BCUT2D eigenvalue weighted by molar-refractivity contribution is -0.121. The fraction of sp³-hybridized carbons (Fsp3) is 0.556. The van der Waals surface area contributed by atoms with Crippen molar-refractivity contribution in [3.8, 4) is 0 Å². The first-order valence-electron chi connectivity index (χ1n) is 8.71. The molecule has 3 rings (SSSR count). The largest absolute Gasteiger partial charge is 0.448 e. The van der Waals surface area contributed by atoms with Crippen LogP contribution in [0.25, 0.3) is 0 Å². The zero-order chi connectivity index (χ0) is 16.8. The average molecular weight is 331 g/mol. The fourth-order valence-corrected chi connectivity index (χ4v) is 3.37. The maximum Gasteiger partial charge on any atom is 0.410 e. The summed E-state index contributed by atoms with van der Waals surface area (Å²) < 4.78 is 4.86. The van der Waals surface area contributed by atoms with Gasteiger partial charge in [-0.3, -0.25) is 14.6 Å². The first kappa shape index (κ1) is 16.8. The molecule has 0 saturated carbocycles. The summed E-state index contributed by atoms with van der Waals surface area (Å²) in [6.45, 7) is 3.61. The topological polar surface area (TPSA) is 61.9 Å². The number of nitrogens with zero attached hydrogens (tertiary/aromatic N) is 2. The molecule has 1 aromatic carbocycles. The molecule has 6 heteroatoms. The van der Waals surface area contributed by atoms with Crippen LogP contribution in [0, 0.1) is 0 Å². The first-order chi connectivity index (χ1) is 11.7. The zero-order valence-electron chi connectivity index (χ0n) is 13.9. The lowest BCUT2D eigenvalue weighted by Crippen LogP contribution is -2.43. The Labute approximate surface area is 142 Å². The summed E-state index contributed by atoms with van der Waals surface area (Å²) in [5, 5.41) is 3.00. The Kier molecular flexibility index (Phi) is 5.69. The molecular weight excluding hydrogens is 306 g/mol. The second-order valence-electron chi connectivity index (χ2n) is 6.36. The van der Waals surface area contributed by atoms with E-state index in [1.165, 1.54) is 29.7 Å². The van der Waals surface area contributed by atoms with Gasteiger partial charge in [0.25, 0.3) is 0 Å². The molecule has 0 spiro atoms. The molecule has 0 aliphatic carbocycles. The van der Waals surface area contributed by atoms with E-state index in [-0.39, 0.29) is 18.5 Å². The van der Waals surface area contributed by atoms with Gasteiger partial charge in [-0.05, 0) is 31.5 Å². The monoisotopic (exact) mass is 331 g/mol. The number of carbonyl (C=O) groups is 2. The van der Waals surface area contributed by atoms with E-state index < -0.39 is 6.09 Å². The van der Waals surface area contributed by atoms with Gasteiger partial charge in [0.2, 0.25) is 5.91 Å². The maximum absolute atomic E-state index is 12.2. The minimum Gasteiger partial charge on any atom is -0.448 e. The van der Waals surface area contributed by atoms with Crippen LogP contribution in [0.1, 0.15) is 30.9 Å². The van der Waals surface area contributed by atoms with Crippen molar-refractivity contribution >= 4 is 12.0 Å². The van der Waals surface area contributed by atoms with Crippen molar-refractivity contribution in [3.05, 3.63) is 35.9 Å². The minimum absolute atomic E-state index is 0.0698. The number of hydrogen-bond acceptors (Lipinski definition) is 4. The Morgan fingerprint density at radius 3 is 2.54 bits per heavy atom. The summed E-state index contributed by atoms with van der Waals surface area (Å²) in [5.41, 5.74) is 1.22. The third kappa shape index (κ3) is 4.26. The molecule has 2 heterocycles.